The summed E-state index contributed by atoms with van der Waals surface area (Å²) in [5, 5.41) is 19.8. The third-order valence-electron chi connectivity index (χ3n) is 4.35. The predicted molar refractivity (Wildman–Crippen MR) is 110 cm³/mol. The van der Waals surface area contributed by atoms with Gasteiger partial charge < -0.3 is 19.5 Å². The Morgan fingerprint density at radius 3 is 2.54 bits per heavy atom. The smallest absolute Gasteiger partial charge is 0.227 e. The van der Waals surface area contributed by atoms with Crippen molar-refractivity contribution >= 4 is 34.1 Å². The molecule has 0 aliphatic rings. The normalized spacial score (nSPS) is 12.4. The molecule has 0 saturated carbocycles. The molecule has 3 rings (SSSR count). The maximum Gasteiger partial charge on any atom is 0.227 e. The molecule has 1 unspecified atom stereocenters. The summed E-state index contributed by atoms with van der Waals surface area (Å²) in [5.74, 6) is 0.101. The van der Waals surface area contributed by atoms with Gasteiger partial charge in [-0.1, -0.05) is 36.2 Å². The van der Waals surface area contributed by atoms with Crippen LogP contribution in [0.15, 0.2) is 35.1 Å². The van der Waals surface area contributed by atoms with Crippen LogP contribution < -0.4 is 10.2 Å². The summed E-state index contributed by atoms with van der Waals surface area (Å²) in [5.41, 5.74) is 2.20. The highest BCUT2D eigenvalue weighted by Gasteiger charge is 2.19. The van der Waals surface area contributed by atoms with Gasteiger partial charge in [0.05, 0.1) is 27.9 Å². The van der Waals surface area contributed by atoms with Gasteiger partial charge in [0.15, 0.2) is 5.43 Å². The summed E-state index contributed by atoms with van der Waals surface area (Å²) in [4.78, 5) is 17.2. The summed E-state index contributed by atoms with van der Waals surface area (Å²) in [7, 11) is 0. The summed E-state index contributed by atoms with van der Waals surface area (Å²) < 4.78 is 7.39. The van der Waals surface area contributed by atoms with Crippen molar-refractivity contribution in [1.29, 1.82) is 0 Å². The average Bonchev–Trinajstić information content (AvgIpc) is 2.67. The number of hydrogen-bond donors (Lipinski definition) is 2. The second kappa shape index (κ2) is 8.49. The molecular weight excluding hydrogens is 403 g/mol. The van der Waals surface area contributed by atoms with Crippen molar-refractivity contribution in [3.63, 3.8) is 0 Å². The molecule has 2 heterocycles. The van der Waals surface area contributed by atoms with Crippen LogP contribution in [0.1, 0.15) is 18.3 Å². The minimum absolute atomic E-state index is 0.101. The lowest BCUT2D eigenvalue weighted by Gasteiger charge is -2.19. The van der Waals surface area contributed by atoms with Gasteiger partial charge in [-0.05, 0) is 31.5 Å². The van der Waals surface area contributed by atoms with Crippen molar-refractivity contribution in [3.05, 3.63) is 62.0 Å². The van der Waals surface area contributed by atoms with Crippen LogP contribution >= 0.6 is 23.2 Å². The SMILES string of the molecule is CCc1cc2c(c(OCC(O)CO)n1)c(=O)cc(C)n2-c1c(Cl)cccc1Cl. The Hall–Kier alpha value is -2.12. The molecular formula is C20H20Cl2N2O4. The number of ether oxygens (including phenoxy) is 1. The second-order valence-corrected chi connectivity index (χ2v) is 7.18. The zero-order valence-corrected chi connectivity index (χ0v) is 17.0. The minimum Gasteiger partial charge on any atom is -0.474 e. The molecule has 0 aliphatic heterocycles. The number of hydrogen-bond acceptors (Lipinski definition) is 5. The minimum atomic E-state index is -1.08. The van der Waals surface area contributed by atoms with Gasteiger partial charge in [0.1, 0.15) is 18.1 Å². The third-order valence-corrected chi connectivity index (χ3v) is 4.96. The van der Waals surface area contributed by atoms with E-state index in [0.29, 0.717) is 39.1 Å². The van der Waals surface area contributed by atoms with E-state index in [1.165, 1.54) is 6.07 Å². The Kier molecular flexibility index (Phi) is 6.25. The Morgan fingerprint density at radius 2 is 1.93 bits per heavy atom. The number of aliphatic hydroxyl groups excluding tert-OH is 2. The van der Waals surface area contributed by atoms with Crippen molar-refractivity contribution in [2.75, 3.05) is 13.2 Å². The van der Waals surface area contributed by atoms with Crippen LogP contribution in [0.3, 0.4) is 0 Å². The van der Waals surface area contributed by atoms with E-state index in [4.69, 9.17) is 33.0 Å². The van der Waals surface area contributed by atoms with Crippen molar-refractivity contribution in [2.24, 2.45) is 0 Å². The molecule has 0 aliphatic carbocycles. The molecule has 2 N–H and O–H groups in total. The summed E-state index contributed by atoms with van der Waals surface area (Å²) in [6.07, 6.45) is -0.472. The van der Waals surface area contributed by atoms with Crippen molar-refractivity contribution < 1.29 is 14.9 Å². The topological polar surface area (TPSA) is 84.6 Å². The van der Waals surface area contributed by atoms with Crippen LogP contribution in [0.4, 0.5) is 0 Å². The molecule has 8 heteroatoms. The summed E-state index contributed by atoms with van der Waals surface area (Å²) >= 11 is 12.8. The van der Waals surface area contributed by atoms with Crippen LogP contribution in [0.2, 0.25) is 10.0 Å². The van der Waals surface area contributed by atoms with E-state index in [1.54, 1.807) is 35.8 Å². The molecule has 0 fully saturated rings. The molecule has 0 saturated heterocycles. The first-order chi connectivity index (χ1) is 13.4. The van der Waals surface area contributed by atoms with E-state index in [1.807, 2.05) is 6.92 Å². The fourth-order valence-corrected chi connectivity index (χ4v) is 3.56. The molecule has 2 aromatic heterocycles. The number of aliphatic hydroxyl groups is 2. The first kappa shape index (κ1) is 20.6. The van der Waals surface area contributed by atoms with Crippen LogP contribution in [-0.2, 0) is 6.42 Å². The lowest BCUT2D eigenvalue weighted by Crippen LogP contribution is -2.23. The fraction of sp³-hybridized carbons (Fsp3) is 0.300. The third kappa shape index (κ3) is 3.86. The van der Waals surface area contributed by atoms with Gasteiger partial charge in [0, 0.05) is 17.5 Å². The van der Waals surface area contributed by atoms with Gasteiger partial charge in [0.25, 0.3) is 0 Å². The number of benzene rings is 1. The first-order valence-electron chi connectivity index (χ1n) is 8.79. The number of nitrogens with zero attached hydrogens (tertiary/aromatic N) is 2. The van der Waals surface area contributed by atoms with E-state index in [-0.39, 0.29) is 23.3 Å². The van der Waals surface area contributed by atoms with Crippen molar-refractivity contribution in [3.8, 4) is 11.6 Å². The number of para-hydroxylation sites is 1. The number of halogens is 2. The number of pyridine rings is 2. The Balaban J connectivity index is 2.36. The maximum atomic E-state index is 12.8. The zero-order valence-electron chi connectivity index (χ0n) is 15.4. The number of aromatic nitrogens is 2. The predicted octanol–water partition coefficient (Wildman–Crippen LogP) is 3.30. The molecule has 1 atom stereocenters. The Labute approximate surface area is 171 Å². The molecule has 1 aromatic carbocycles. The second-order valence-electron chi connectivity index (χ2n) is 6.37. The largest absolute Gasteiger partial charge is 0.474 e. The average molecular weight is 423 g/mol. The molecule has 148 valence electrons. The Morgan fingerprint density at radius 1 is 1.25 bits per heavy atom. The first-order valence-corrected chi connectivity index (χ1v) is 9.55. The van der Waals surface area contributed by atoms with Crippen LogP contribution in [-0.4, -0.2) is 39.1 Å². The molecule has 28 heavy (non-hydrogen) atoms. The number of rotatable bonds is 6. The quantitative estimate of drug-likeness (QED) is 0.636. The van der Waals surface area contributed by atoms with Crippen LogP contribution in [0.5, 0.6) is 5.88 Å². The Bertz CT molecular complexity index is 1060. The zero-order chi connectivity index (χ0) is 20.4. The molecule has 3 aromatic rings. The fourth-order valence-electron chi connectivity index (χ4n) is 3.00. The standard InChI is InChI=1S/C20H20Cl2N2O4/c1-3-12-8-16-18(20(23-12)28-10-13(26)9-25)17(27)7-11(2)24(16)19-14(21)5-4-6-15(19)22/h4-8,13,25-26H,3,9-10H2,1-2H3. The highest BCUT2D eigenvalue weighted by Crippen LogP contribution is 2.33. The summed E-state index contributed by atoms with van der Waals surface area (Å²) in [6.45, 7) is 3.08. The van der Waals surface area contributed by atoms with E-state index in [2.05, 4.69) is 4.98 Å². The monoisotopic (exact) mass is 422 g/mol. The number of aryl methyl sites for hydroxylation is 2. The van der Waals surface area contributed by atoms with Gasteiger partial charge in [-0.3, -0.25) is 4.79 Å². The molecule has 0 bridgehead atoms. The van der Waals surface area contributed by atoms with Crippen LogP contribution in [0.25, 0.3) is 16.6 Å². The van der Waals surface area contributed by atoms with E-state index in [9.17, 15) is 9.90 Å². The number of fused-ring (bicyclic) bond motifs is 1. The molecule has 0 amide bonds. The van der Waals surface area contributed by atoms with Gasteiger partial charge in [-0.2, -0.15) is 0 Å². The van der Waals surface area contributed by atoms with Gasteiger partial charge >= 0.3 is 0 Å². The lowest BCUT2D eigenvalue weighted by atomic mass is 10.1. The van der Waals surface area contributed by atoms with Crippen molar-refractivity contribution in [2.45, 2.75) is 26.4 Å². The molecule has 0 spiro atoms. The van der Waals surface area contributed by atoms with Crippen LogP contribution in [0, 0.1) is 6.92 Å². The molecule has 6 nitrogen and oxygen atoms in total. The van der Waals surface area contributed by atoms with E-state index < -0.39 is 12.7 Å². The summed E-state index contributed by atoms with van der Waals surface area (Å²) in [6, 6.07) is 8.47. The molecule has 0 radical (unpaired) electrons. The highest BCUT2D eigenvalue weighted by molar-refractivity contribution is 6.37. The van der Waals surface area contributed by atoms with E-state index in [0.717, 1.165) is 0 Å². The van der Waals surface area contributed by atoms with E-state index >= 15 is 0 Å². The lowest BCUT2D eigenvalue weighted by molar-refractivity contribution is 0.0526. The highest BCUT2D eigenvalue weighted by atomic mass is 35.5. The van der Waals surface area contributed by atoms with Gasteiger partial charge in [-0.25, -0.2) is 4.98 Å². The maximum absolute atomic E-state index is 12.8. The van der Waals surface area contributed by atoms with Gasteiger partial charge in [-0.15, -0.1) is 0 Å². The van der Waals surface area contributed by atoms with Crippen molar-refractivity contribution in [1.82, 2.24) is 9.55 Å². The van der Waals surface area contributed by atoms with Gasteiger partial charge in [0.2, 0.25) is 5.88 Å².